The Kier molecular flexibility index (Phi) is 4.07. The fourth-order valence-electron chi connectivity index (χ4n) is 2.46. The molecule has 0 bridgehead atoms. The van der Waals surface area contributed by atoms with Crippen molar-refractivity contribution >= 4 is 11.4 Å². The van der Waals surface area contributed by atoms with Gasteiger partial charge in [-0.25, -0.2) is 0 Å². The van der Waals surface area contributed by atoms with E-state index in [1.54, 1.807) is 18.5 Å². The van der Waals surface area contributed by atoms with Crippen LogP contribution in [-0.2, 0) is 12.6 Å². The van der Waals surface area contributed by atoms with Gasteiger partial charge in [-0.2, -0.15) is 13.2 Å². The second-order valence-corrected chi connectivity index (χ2v) is 5.30. The molecule has 0 aliphatic carbocycles. The summed E-state index contributed by atoms with van der Waals surface area (Å²) in [5.41, 5.74) is 1.95. The average Bonchev–Trinajstić information content (AvgIpc) is 2.95. The van der Waals surface area contributed by atoms with Gasteiger partial charge in [-0.05, 0) is 30.2 Å². The molecule has 1 aliphatic rings. The lowest BCUT2D eigenvalue weighted by atomic mass is 10.0. The molecule has 6 heteroatoms. The first-order valence-electron chi connectivity index (χ1n) is 7.34. The number of hydrogen-bond donors (Lipinski definition) is 0. The molecule has 1 aliphatic heterocycles. The molecule has 0 amide bonds. The van der Waals surface area contributed by atoms with E-state index in [2.05, 4.69) is 9.98 Å². The maximum atomic E-state index is 12.8. The Hall–Kier alpha value is -2.37. The van der Waals surface area contributed by atoms with E-state index in [0.29, 0.717) is 30.2 Å². The normalized spacial score (nSPS) is 13.7. The van der Waals surface area contributed by atoms with Crippen LogP contribution in [0.3, 0.4) is 0 Å². The van der Waals surface area contributed by atoms with Gasteiger partial charge in [-0.3, -0.25) is 9.98 Å². The molecule has 2 heterocycles. The lowest BCUT2D eigenvalue weighted by molar-refractivity contribution is -0.137. The standard InChI is InChI=1S/C17H15F3N2O/c1-2-7-23-16-10-21-6-5-13(16)15-8-11-3-4-12(17(18,19)20)9-14(11)22-15/h3-6,9-10H,2,7-8H2,1H3. The molecule has 1 aromatic carbocycles. The maximum absolute atomic E-state index is 12.8. The quantitative estimate of drug-likeness (QED) is 0.827. The van der Waals surface area contributed by atoms with Gasteiger partial charge in [0, 0.05) is 18.2 Å². The smallest absolute Gasteiger partial charge is 0.416 e. The highest BCUT2D eigenvalue weighted by Crippen LogP contribution is 2.37. The van der Waals surface area contributed by atoms with Crippen LogP contribution in [0, 0.1) is 0 Å². The Balaban J connectivity index is 1.94. The summed E-state index contributed by atoms with van der Waals surface area (Å²) in [6, 6.07) is 5.46. The monoisotopic (exact) mass is 320 g/mol. The molecule has 0 N–H and O–H groups in total. The minimum absolute atomic E-state index is 0.369. The largest absolute Gasteiger partial charge is 0.491 e. The second kappa shape index (κ2) is 6.02. The van der Waals surface area contributed by atoms with Crippen molar-refractivity contribution in [2.45, 2.75) is 25.9 Å². The van der Waals surface area contributed by atoms with Crippen LogP contribution >= 0.6 is 0 Å². The number of aliphatic imine (C=N–C) groups is 1. The van der Waals surface area contributed by atoms with Gasteiger partial charge in [-0.1, -0.05) is 13.0 Å². The van der Waals surface area contributed by atoms with Crippen LogP contribution in [0.1, 0.15) is 30.0 Å². The summed E-state index contributed by atoms with van der Waals surface area (Å²) < 4.78 is 44.1. The van der Waals surface area contributed by atoms with E-state index in [4.69, 9.17) is 4.74 Å². The van der Waals surface area contributed by atoms with Crippen LogP contribution in [-0.4, -0.2) is 17.3 Å². The molecular formula is C17H15F3N2O. The second-order valence-electron chi connectivity index (χ2n) is 5.30. The number of aromatic nitrogens is 1. The molecule has 3 nitrogen and oxygen atoms in total. The minimum Gasteiger partial charge on any atom is -0.491 e. The van der Waals surface area contributed by atoms with Crippen LogP contribution in [0.25, 0.3) is 0 Å². The van der Waals surface area contributed by atoms with E-state index in [1.807, 2.05) is 6.92 Å². The summed E-state index contributed by atoms with van der Waals surface area (Å²) in [5.74, 6) is 0.608. The number of rotatable bonds is 4. The number of fused-ring (bicyclic) bond motifs is 1. The van der Waals surface area contributed by atoms with Gasteiger partial charge in [0.15, 0.2) is 0 Å². The SMILES string of the molecule is CCCOc1cnccc1C1=Nc2cc(C(F)(F)F)ccc2C1. The summed E-state index contributed by atoms with van der Waals surface area (Å²) in [4.78, 5) is 8.41. The Labute approximate surface area is 131 Å². The Morgan fingerprint density at radius 3 is 2.78 bits per heavy atom. The third kappa shape index (κ3) is 3.21. The van der Waals surface area contributed by atoms with Gasteiger partial charge in [0.2, 0.25) is 0 Å². The van der Waals surface area contributed by atoms with Crippen LogP contribution in [0.2, 0.25) is 0 Å². The molecule has 0 spiro atoms. The summed E-state index contributed by atoms with van der Waals surface area (Å²) in [7, 11) is 0. The Morgan fingerprint density at radius 1 is 1.22 bits per heavy atom. The molecule has 3 rings (SSSR count). The number of halogens is 3. The zero-order valence-corrected chi connectivity index (χ0v) is 12.5. The first-order chi connectivity index (χ1) is 11.0. The van der Waals surface area contributed by atoms with Crippen LogP contribution in [0.5, 0.6) is 5.75 Å². The zero-order valence-electron chi connectivity index (χ0n) is 12.5. The Bertz CT molecular complexity index is 754. The van der Waals surface area contributed by atoms with Gasteiger partial charge >= 0.3 is 6.18 Å². The number of hydrogen-bond acceptors (Lipinski definition) is 3. The third-order valence-corrected chi connectivity index (χ3v) is 3.58. The molecule has 2 aromatic rings. The van der Waals surface area contributed by atoms with Crippen molar-refractivity contribution in [3.63, 3.8) is 0 Å². The summed E-state index contributed by atoms with van der Waals surface area (Å²) >= 11 is 0. The fourth-order valence-corrected chi connectivity index (χ4v) is 2.46. The lowest BCUT2D eigenvalue weighted by Crippen LogP contribution is -2.06. The third-order valence-electron chi connectivity index (χ3n) is 3.58. The summed E-state index contributed by atoms with van der Waals surface area (Å²) in [5, 5.41) is 0. The molecule has 0 atom stereocenters. The predicted molar refractivity (Wildman–Crippen MR) is 81.4 cm³/mol. The highest BCUT2D eigenvalue weighted by atomic mass is 19.4. The first kappa shape index (κ1) is 15.5. The van der Waals surface area contributed by atoms with Crippen molar-refractivity contribution in [2.75, 3.05) is 6.61 Å². The molecule has 0 unspecified atom stereocenters. The Morgan fingerprint density at radius 2 is 2.04 bits per heavy atom. The highest BCUT2D eigenvalue weighted by Gasteiger charge is 2.32. The van der Waals surface area contributed by atoms with E-state index in [1.165, 1.54) is 6.07 Å². The number of alkyl halides is 3. The van der Waals surface area contributed by atoms with E-state index in [-0.39, 0.29) is 0 Å². The maximum Gasteiger partial charge on any atom is 0.416 e. The van der Waals surface area contributed by atoms with E-state index in [9.17, 15) is 13.2 Å². The average molecular weight is 320 g/mol. The molecular weight excluding hydrogens is 305 g/mol. The van der Waals surface area contributed by atoms with E-state index >= 15 is 0 Å². The van der Waals surface area contributed by atoms with Gasteiger partial charge < -0.3 is 4.74 Å². The summed E-state index contributed by atoms with van der Waals surface area (Å²) in [6.45, 7) is 2.55. The topological polar surface area (TPSA) is 34.5 Å². The highest BCUT2D eigenvalue weighted by molar-refractivity contribution is 6.08. The van der Waals surface area contributed by atoms with Gasteiger partial charge in [0.1, 0.15) is 5.75 Å². The molecule has 0 saturated carbocycles. The first-order valence-corrected chi connectivity index (χ1v) is 7.34. The predicted octanol–water partition coefficient (Wildman–Crippen LogP) is 4.57. The number of pyridine rings is 1. The van der Waals surface area contributed by atoms with Gasteiger partial charge in [0.25, 0.3) is 0 Å². The van der Waals surface area contributed by atoms with Crippen LogP contribution < -0.4 is 4.74 Å². The van der Waals surface area contributed by atoms with Gasteiger partial charge in [0.05, 0.1) is 29.8 Å². The lowest BCUT2D eigenvalue weighted by Gasteiger charge is -2.09. The van der Waals surface area contributed by atoms with Crippen molar-refractivity contribution < 1.29 is 17.9 Å². The molecule has 1 aromatic heterocycles. The summed E-state index contributed by atoms with van der Waals surface area (Å²) in [6.07, 6.45) is 0.216. The van der Waals surface area contributed by atoms with Crippen molar-refractivity contribution in [1.82, 2.24) is 4.98 Å². The van der Waals surface area contributed by atoms with Gasteiger partial charge in [-0.15, -0.1) is 0 Å². The van der Waals surface area contributed by atoms with Crippen molar-refractivity contribution in [1.29, 1.82) is 0 Å². The zero-order chi connectivity index (χ0) is 16.4. The van der Waals surface area contributed by atoms with Crippen molar-refractivity contribution in [3.8, 4) is 5.75 Å². The molecule has 120 valence electrons. The van der Waals surface area contributed by atoms with Crippen LogP contribution in [0.4, 0.5) is 18.9 Å². The molecule has 0 radical (unpaired) electrons. The van der Waals surface area contributed by atoms with Crippen LogP contribution in [0.15, 0.2) is 41.7 Å². The number of ether oxygens (including phenoxy) is 1. The minimum atomic E-state index is -4.36. The van der Waals surface area contributed by atoms with Crippen molar-refractivity contribution in [3.05, 3.63) is 53.3 Å². The number of benzene rings is 1. The van der Waals surface area contributed by atoms with Crippen molar-refractivity contribution in [2.24, 2.45) is 4.99 Å². The number of nitrogens with zero attached hydrogens (tertiary/aromatic N) is 2. The fraction of sp³-hybridized carbons (Fsp3) is 0.294. The molecule has 0 saturated heterocycles. The van der Waals surface area contributed by atoms with E-state index in [0.717, 1.165) is 29.7 Å². The molecule has 23 heavy (non-hydrogen) atoms. The van der Waals surface area contributed by atoms with E-state index < -0.39 is 11.7 Å². The molecule has 0 fully saturated rings.